The Morgan fingerprint density at radius 1 is 1.18 bits per heavy atom. The molecule has 1 heterocycles. The van der Waals surface area contributed by atoms with Crippen LogP contribution in [0.1, 0.15) is 5.56 Å². The number of anilines is 1. The first-order valence-electron chi connectivity index (χ1n) is 5.02. The minimum atomic E-state index is -0.137. The Labute approximate surface area is 104 Å². The molecule has 1 aromatic heterocycles. The molecule has 2 aromatic rings. The second kappa shape index (κ2) is 4.93. The minimum Gasteiger partial charge on any atom is -0.504 e. The molecule has 0 aliphatic heterocycles. The predicted molar refractivity (Wildman–Crippen MR) is 66.3 cm³/mol. The zero-order valence-corrected chi connectivity index (χ0v) is 9.65. The van der Waals surface area contributed by atoms with E-state index in [1.807, 2.05) is 6.07 Å². The van der Waals surface area contributed by atoms with Crippen LogP contribution < -0.4 is 5.32 Å². The molecule has 0 spiro atoms. The van der Waals surface area contributed by atoms with Gasteiger partial charge in [0.1, 0.15) is 0 Å². The summed E-state index contributed by atoms with van der Waals surface area (Å²) in [6, 6.07) is 8.24. The van der Waals surface area contributed by atoms with Crippen molar-refractivity contribution < 1.29 is 10.2 Å². The summed E-state index contributed by atoms with van der Waals surface area (Å²) in [4.78, 5) is 3.94. The highest BCUT2D eigenvalue weighted by Gasteiger charge is 2.02. The number of hydrogen-bond donors (Lipinski definition) is 3. The molecule has 0 unspecified atom stereocenters. The van der Waals surface area contributed by atoms with Crippen molar-refractivity contribution in [2.24, 2.45) is 0 Å². The Bertz CT molecular complexity index is 532. The zero-order valence-electron chi connectivity index (χ0n) is 8.89. The van der Waals surface area contributed by atoms with Gasteiger partial charge in [0, 0.05) is 12.7 Å². The SMILES string of the molecule is Oc1ccc(CNc2cccnc2Cl)cc1O. The van der Waals surface area contributed by atoms with Gasteiger partial charge in [-0.3, -0.25) is 0 Å². The highest BCUT2D eigenvalue weighted by atomic mass is 35.5. The Kier molecular flexibility index (Phi) is 3.35. The van der Waals surface area contributed by atoms with Crippen LogP contribution in [-0.4, -0.2) is 15.2 Å². The molecule has 17 heavy (non-hydrogen) atoms. The molecule has 0 saturated heterocycles. The smallest absolute Gasteiger partial charge is 0.157 e. The molecule has 0 bridgehead atoms. The molecule has 0 atom stereocenters. The topological polar surface area (TPSA) is 65.4 Å². The second-order valence-electron chi connectivity index (χ2n) is 3.52. The number of phenolic OH excluding ortho intramolecular Hbond substituents is 2. The lowest BCUT2D eigenvalue weighted by molar-refractivity contribution is 0.403. The van der Waals surface area contributed by atoms with Gasteiger partial charge in [-0.05, 0) is 29.8 Å². The Balaban J connectivity index is 2.08. The van der Waals surface area contributed by atoms with E-state index in [9.17, 15) is 10.2 Å². The van der Waals surface area contributed by atoms with Crippen molar-refractivity contribution in [3.8, 4) is 11.5 Å². The molecule has 0 fully saturated rings. The van der Waals surface area contributed by atoms with Gasteiger partial charge in [-0.2, -0.15) is 0 Å². The van der Waals surface area contributed by atoms with E-state index in [1.165, 1.54) is 12.1 Å². The zero-order chi connectivity index (χ0) is 12.3. The van der Waals surface area contributed by atoms with E-state index >= 15 is 0 Å². The fourth-order valence-electron chi connectivity index (χ4n) is 1.39. The van der Waals surface area contributed by atoms with E-state index < -0.39 is 0 Å². The normalized spacial score (nSPS) is 10.2. The van der Waals surface area contributed by atoms with Crippen molar-refractivity contribution in [1.29, 1.82) is 0 Å². The number of halogens is 1. The monoisotopic (exact) mass is 250 g/mol. The number of hydrogen-bond acceptors (Lipinski definition) is 4. The van der Waals surface area contributed by atoms with Crippen LogP contribution in [0, 0.1) is 0 Å². The van der Waals surface area contributed by atoms with Crippen LogP contribution in [0.4, 0.5) is 5.69 Å². The van der Waals surface area contributed by atoms with Crippen LogP contribution in [0.3, 0.4) is 0 Å². The van der Waals surface area contributed by atoms with Gasteiger partial charge in [0.25, 0.3) is 0 Å². The van der Waals surface area contributed by atoms with E-state index in [0.717, 1.165) is 11.3 Å². The lowest BCUT2D eigenvalue weighted by atomic mass is 10.2. The molecule has 0 aliphatic rings. The van der Waals surface area contributed by atoms with Crippen molar-refractivity contribution in [3.63, 3.8) is 0 Å². The van der Waals surface area contributed by atoms with Crippen molar-refractivity contribution in [3.05, 3.63) is 47.2 Å². The standard InChI is InChI=1S/C12H11ClN2O2/c13-12-9(2-1-5-14-12)15-7-8-3-4-10(16)11(17)6-8/h1-6,15-17H,7H2. The van der Waals surface area contributed by atoms with Crippen LogP contribution in [0.5, 0.6) is 11.5 Å². The quantitative estimate of drug-likeness (QED) is 0.579. The third-order valence-corrected chi connectivity index (χ3v) is 2.58. The Morgan fingerprint density at radius 2 is 2.00 bits per heavy atom. The lowest BCUT2D eigenvalue weighted by Gasteiger charge is -2.08. The van der Waals surface area contributed by atoms with Gasteiger partial charge in [-0.1, -0.05) is 17.7 Å². The van der Waals surface area contributed by atoms with Crippen LogP contribution in [0.15, 0.2) is 36.5 Å². The summed E-state index contributed by atoms with van der Waals surface area (Å²) in [5.74, 6) is -0.269. The van der Waals surface area contributed by atoms with Crippen LogP contribution in [-0.2, 0) is 6.54 Å². The van der Waals surface area contributed by atoms with E-state index in [2.05, 4.69) is 10.3 Å². The molecule has 4 nitrogen and oxygen atoms in total. The average molecular weight is 251 g/mol. The molecule has 3 N–H and O–H groups in total. The number of aromatic hydroxyl groups is 2. The van der Waals surface area contributed by atoms with Gasteiger partial charge >= 0.3 is 0 Å². The van der Waals surface area contributed by atoms with Crippen molar-refractivity contribution >= 4 is 17.3 Å². The summed E-state index contributed by atoms with van der Waals surface area (Å²) in [5, 5.41) is 22.0. The number of nitrogens with one attached hydrogen (secondary N) is 1. The second-order valence-corrected chi connectivity index (χ2v) is 3.88. The van der Waals surface area contributed by atoms with Crippen LogP contribution in [0.2, 0.25) is 5.15 Å². The third-order valence-electron chi connectivity index (χ3n) is 2.28. The summed E-state index contributed by atoms with van der Waals surface area (Å²) < 4.78 is 0. The molecule has 0 amide bonds. The first kappa shape index (κ1) is 11.5. The molecule has 0 saturated carbocycles. The van der Waals surface area contributed by atoms with Crippen molar-refractivity contribution in [2.75, 3.05) is 5.32 Å². The van der Waals surface area contributed by atoms with Gasteiger partial charge in [-0.15, -0.1) is 0 Å². The average Bonchev–Trinajstić information content (AvgIpc) is 2.32. The molecule has 1 aromatic carbocycles. The maximum Gasteiger partial charge on any atom is 0.157 e. The van der Waals surface area contributed by atoms with E-state index in [-0.39, 0.29) is 11.5 Å². The summed E-state index contributed by atoms with van der Waals surface area (Å²) in [6.45, 7) is 0.485. The molecule has 0 aliphatic carbocycles. The number of aromatic nitrogens is 1. The highest BCUT2D eigenvalue weighted by Crippen LogP contribution is 2.25. The fraction of sp³-hybridized carbons (Fsp3) is 0.0833. The van der Waals surface area contributed by atoms with Crippen LogP contribution >= 0.6 is 11.6 Å². The molecule has 2 rings (SSSR count). The molecule has 88 valence electrons. The number of phenols is 2. The van der Waals surface area contributed by atoms with Crippen molar-refractivity contribution in [1.82, 2.24) is 4.98 Å². The largest absolute Gasteiger partial charge is 0.504 e. The first-order chi connectivity index (χ1) is 8.16. The summed E-state index contributed by atoms with van der Waals surface area (Å²) in [5.41, 5.74) is 1.56. The first-order valence-corrected chi connectivity index (χ1v) is 5.40. The van der Waals surface area contributed by atoms with Gasteiger partial charge in [0.05, 0.1) is 5.69 Å². The third kappa shape index (κ3) is 2.79. The van der Waals surface area contributed by atoms with Gasteiger partial charge < -0.3 is 15.5 Å². The predicted octanol–water partition coefficient (Wildman–Crippen LogP) is 2.76. The van der Waals surface area contributed by atoms with Crippen molar-refractivity contribution in [2.45, 2.75) is 6.54 Å². The van der Waals surface area contributed by atoms with Gasteiger partial charge in [0.2, 0.25) is 0 Å². The number of rotatable bonds is 3. The Hall–Kier alpha value is -1.94. The highest BCUT2D eigenvalue weighted by molar-refractivity contribution is 6.31. The van der Waals surface area contributed by atoms with E-state index in [4.69, 9.17) is 11.6 Å². The molecular weight excluding hydrogens is 240 g/mol. The summed E-state index contributed by atoms with van der Waals surface area (Å²) >= 11 is 5.88. The minimum absolute atomic E-state index is 0.131. The molecule has 5 heteroatoms. The molecular formula is C12H11ClN2O2. The number of nitrogens with zero attached hydrogens (tertiary/aromatic N) is 1. The Morgan fingerprint density at radius 3 is 2.71 bits per heavy atom. The lowest BCUT2D eigenvalue weighted by Crippen LogP contribution is -2.00. The maximum absolute atomic E-state index is 9.34. The maximum atomic E-state index is 9.34. The number of pyridine rings is 1. The van der Waals surface area contributed by atoms with Gasteiger partial charge in [-0.25, -0.2) is 4.98 Å². The summed E-state index contributed by atoms with van der Waals surface area (Å²) in [7, 11) is 0. The number of benzene rings is 1. The van der Waals surface area contributed by atoms with Crippen LogP contribution in [0.25, 0.3) is 0 Å². The van der Waals surface area contributed by atoms with E-state index in [0.29, 0.717) is 11.7 Å². The molecule has 0 radical (unpaired) electrons. The van der Waals surface area contributed by atoms with Gasteiger partial charge in [0.15, 0.2) is 16.7 Å². The summed E-state index contributed by atoms with van der Waals surface area (Å²) in [6.07, 6.45) is 1.61. The van der Waals surface area contributed by atoms with E-state index in [1.54, 1.807) is 18.3 Å². The fourth-order valence-corrected chi connectivity index (χ4v) is 1.58.